The Morgan fingerprint density at radius 2 is 1.50 bits per heavy atom. The Balaban J connectivity index is 2.58. The van der Waals surface area contributed by atoms with Gasteiger partial charge in [-0.2, -0.15) is 0 Å². The Morgan fingerprint density at radius 3 is 2.22 bits per heavy atom. The highest BCUT2D eigenvalue weighted by molar-refractivity contribution is 6.05. The number of nitrogens with two attached hydrogens (primary N) is 1. The summed E-state index contributed by atoms with van der Waals surface area (Å²) in [4.78, 5) is 12.4. The number of para-hydroxylation sites is 1. The van der Waals surface area contributed by atoms with Gasteiger partial charge in [-0.15, -0.1) is 0 Å². The minimum Gasteiger partial charge on any atom is -0.329 e. The van der Waals surface area contributed by atoms with Gasteiger partial charge in [0.15, 0.2) is 0 Å². The van der Waals surface area contributed by atoms with Crippen LogP contribution in [0, 0.1) is 0 Å². The predicted molar refractivity (Wildman–Crippen MR) is 74.8 cm³/mol. The fourth-order valence-corrected chi connectivity index (χ4v) is 2.45. The summed E-state index contributed by atoms with van der Waals surface area (Å²) in [6.07, 6.45) is 0. The first kappa shape index (κ1) is 11.0. The molecular weight excluding hydrogens is 224 g/mol. The van der Waals surface area contributed by atoms with E-state index < -0.39 is 0 Å². The lowest BCUT2D eigenvalue weighted by Gasteiger charge is -2.11. The molecule has 3 aromatic rings. The molecule has 3 heteroatoms. The van der Waals surface area contributed by atoms with Gasteiger partial charge >= 0.3 is 0 Å². The van der Waals surface area contributed by atoms with E-state index in [1.54, 1.807) is 4.57 Å². The predicted octanol–water partition coefficient (Wildman–Crippen LogP) is 2.11. The Kier molecular flexibility index (Phi) is 2.61. The summed E-state index contributed by atoms with van der Waals surface area (Å²) in [6.45, 7) is 1.01. The summed E-state index contributed by atoms with van der Waals surface area (Å²) in [7, 11) is 0. The molecule has 0 unspecified atom stereocenters. The standard InChI is InChI=1S/C15H14N2O/c16-9-10-17-14-8-4-3-6-12(14)11-5-1-2-7-13(11)15(17)18/h1-8H,9-10,16H2. The van der Waals surface area contributed by atoms with Crippen molar-refractivity contribution in [3.8, 4) is 0 Å². The van der Waals surface area contributed by atoms with Gasteiger partial charge in [0, 0.05) is 23.9 Å². The number of hydrogen-bond donors (Lipinski definition) is 1. The minimum absolute atomic E-state index is 0.0368. The largest absolute Gasteiger partial charge is 0.329 e. The molecule has 0 amide bonds. The van der Waals surface area contributed by atoms with Gasteiger partial charge in [-0.05, 0) is 17.5 Å². The second-order valence-electron chi connectivity index (χ2n) is 4.31. The summed E-state index contributed by atoms with van der Waals surface area (Å²) in [6, 6.07) is 15.7. The maximum atomic E-state index is 12.4. The molecule has 1 heterocycles. The van der Waals surface area contributed by atoms with Crippen LogP contribution in [0.5, 0.6) is 0 Å². The number of rotatable bonds is 2. The van der Waals surface area contributed by atoms with Crippen LogP contribution >= 0.6 is 0 Å². The van der Waals surface area contributed by atoms with E-state index in [9.17, 15) is 4.79 Å². The molecule has 3 nitrogen and oxygen atoms in total. The number of aromatic nitrogens is 1. The molecule has 3 rings (SSSR count). The molecule has 2 aromatic carbocycles. The molecule has 0 aliphatic heterocycles. The molecule has 0 aliphatic carbocycles. The Morgan fingerprint density at radius 1 is 0.889 bits per heavy atom. The average Bonchev–Trinajstić information content (AvgIpc) is 2.43. The Hall–Kier alpha value is -2.13. The van der Waals surface area contributed by atoms with Crippen LogP contribution in [0.1, 0.15) is 0 Å². The van der Waals surface area contributed by atoms with Crippen LogP contribution < -0.4 is 11.3 Å². The summed E-state index contributed by atoms with van der Waals surface area (Å²) < 4.78 is 1.76. The Bertz CT molecular complexity index is 774. The second kappa shape index (κ2) is 4.27. The first-order valence-corrected chi connectivity index (χ1v) is 6.03. The van der Waals surface area contributed by atoms with Crippen LogP contribution in [0.2, 0.25) is 0 Å². The Labute approximate surface area is 104 Å². The third kappa shape index (κ3) is 1.52. The van der Waals surface area contributed by atoms with Crippen LogP contribution in [0.15, 0.2) is 53.3 Å². The van der Waals surface area contributed by atoms with E-state index in [4.69, 9.17) is 5.73 Å². The highest BCUT2D eigenvalue weighted by atomic mass is 16.1. The van der Waals surface area contributed by atoms with Gasteiger partial charge in [-0.25, -0.2) is 0 Å². The molecule has 0 bridgehead atoms. The van der Waals surface area contributed by atoms with E-state index in [-0.39, 0.29) is 5.56 Å². The molecule has 18 heavy (non-hydrogen) atoms. The van der Waals surface area contributed by atoms with Crippen molar-refractivity contribution in [1.82, 2.24) is 4.57 Å². The molecule has 0 saturated carbocycles. The van der Waals surface area contributed by atoms with Crippen molar-refractivity contribution in [3.63, 3.8) is 0 Å². The van der Waals surface area contributed by atoms with E-state index in [1.165, 1.54) is 0 Å². The maximum absolute atomic E-state index is 12.4. The zero-order valence-electron chi connectivity index (χ0n) is 9.97. The zero-order valence-corrected chi connectivity index (χ0v) is 9.97. The lowest BCUT2D eigenvalue weighted by molar-refractivity contribution is 0.712. The number of fused-ring (bicyclic) bond motifs is 3. The van der Waals surface area contributed by atoms with Crippen LogP contribution in [0.25, 0.3) is 21.7 Å². The van der Waals surface area contributed by atoms with Crippen molar-refractivity contribution >= 4 is 21.7 Å². The van der Waals surface area contributed by atoms with E-state index in [1.807, 2.05) is 48.5 Å². The summed E-state index contributed by atoms with van der Waals surface area (Å²) in [5, 5.41) is 2.86. The van der Waals surface area contributed by atoms with E-state index in [0.717, 1.165) is 21.7 Å². The van der Waals surface area contributed by atoms with Gasteiger partial charge in [0.05, 0.1) is 5.52 Å². The van der Waals surface area contributed by atoms with Gasteiger partial charge in [-0.1, -0.05) is 36.4 Å². The molecule has 2 N–H and O–H groups in total. The zero-order chi connectivity index (χ0) is 12.5. The highest BCUT2D eigenvalue weighted by Crippen LogP contribution is 2.22. The quantitative estimate of drug-likeness (QED) is 0.695. The van der Waals surface area contributed by atoms with Crippen LogP contribution in [0.3, 0.4) is 0 Å². The molecule has 0 spiro atoms. The summed E-state index contributed by atoms with van der Waals surface area (Å²) in [5.74, 6) is 0. The van der Waals surface area contributed by atoms with Gasteiger partial charge in [0.1, 0.15) is 0 Å². The lowest BCUT2D eigenvalue weighted by atomic mass is 10.1. The number of hydrogen-bond acceptors (Lipinski definition) is 2. The van der Waals surface area contributed by atoms with E-state index in [0.29, 0.717) is 13.1 Å². The van der Waals surface area contributed by atoms with Crippen LogP contribution in [-0.2, 0) is 6.54 Å². The van der Waals surface area contributed by atoms with Crippen molar-refractivity contribution in [2.24, 2.45) is 5.73 Å². The molecule has 0 saturated heterocycles. The third-order valence-corrected chi connectivity index (χ3v) is 3.24. The van der Waals surface area contributed by atoms with E-state index >= 15 is 0 Å². The van der Waals surface area contributed by atoms with Gasteiger partial charge in [0.2, 0.25) is 0 Å². The third-order valence-electron chi connectivity index (χ3n) is 3.24. The van der Waals surface area contributed by atoms with Crippen molar-refractivity contribution in [3.05, 3.63) is 58.9 Å². The number of nitrogens with zero attached hydrogens (tertiary/aromatic N) is 1. The van der Waals surface area contributed by atoms with E-state index in [2.05, 4.69) is 0 Å². The molecule has 0 aliphatic rings. The maximum Gasteiger partial charge on any atom is 0.258 e. The smallest absolute Gasteiger partial charge is 0.258 e. The molecule has 0 radical (unpaired) electrons. The van der Waals surface area contributed by atoms with Crippen LogP contribution in [-0.4, -0.2) is 11.1 Å². The SMILES string of the molecule is NCCn1c(=O)c2ccccc2c2ccccc21. The number of pyridine rings is 1. The van der Waals surface area contributed by atoms with Crippen LogP contribution in [0.4, 0.5) is 0 Å². The fraction of sp³-hybridized carbons (Fsp3) is 0.133. The average molecular weight is 238 g/mol. The fourth-order valence-electron chi connectivity index (χ4n) is 2.45. The first-order chi connectivity index (χ1) is 8.83. The van der Waals surface area contributed by atoms with Crippen molar-refractivity contribution in [1.29, 1.82) is 0 Å². The van der Waals surface area contributed by atoms with Gasteiger partial charge in [0.25, 0.3) is 5.56 Å². The van der Waals surface area contributed by atoms with Gasteiger partial charge in [-0.3, -0.25) is 4.79 Å². The number of benzene rings is 2. The lowest BCUT2D eigenvalue weighted by Crippen LogP contribution is -2.24. The highest BCUT2D eigenvalue weighted by Gasteiger charge is 2.08. The molecular formula is C15H14N2O. The first-order valence-electron chi connectivity index (χ1n) is 6.03. The summed E-state index contributed by atoms with van der Waals surface area (Å²) >= 11 is 0. The molecule has 0 atom stereocenters. The molecule has 1 aromatic heterocycles. The second-order valence-corrected chi connectivity index (χ2v) is 4.31. The summed E-state index contributed by atoms with van der Waals surface area (Å²) in [5.41, 5.74) is 6.59. The molecule has 90 valence electrons. The van der Waals surface area contributed by atoms with Gasteiger partial charge < -0.3 is 10.3 Å². The molecule has 0 fully saturated rings. The normalized spacial score (nSPS) is 11.2. The monoisotopic (exact) mass is 238 g/mol. The topological polar surface area (TPSA) is 48.0 Å². The minimum atomic E-state index is 0.0368. The van der Waals surface area contributed by atoms with Crippen molar-refractivity contribution < 1.29 is 0 Å². The van der Waals surface area contributed by atoms with Crippen molar-refractivity contribution in [2.75, 3.05) is 6.54 Å². The van der Waals surface area contributed by atoms with Crippen molar-refractivity contribution in [2.45, 2.75) is 6.54 Å².